The van der Waals surface area contributed by atoms with Crippen LogP contribution in [0.1, 0.15) is 24.5 Å². The Kier molecular flexibility index (Phi) is 8.49. The highest BCUT2D eigenvalue weighted by molar-refractivity contribution is 9.10. The molecule has 10 heteroatoms. The number of aliphatic hydroxyl groups is 1. The van der Waals surface area contributed by atoms with Crippen molar-refractivity contribution in [2.24, 2.45) is 5.92 Å². The van der Waals surface area contributed by atoms with Gasteiger partial charge < -0.3 is 29.7 Å². The molecule has 3 aromatic carbocycles. The highest BCUT2D eigenvalue weighted by Crippen LogP contribution is 2.60. The number of hydrogen-bond donors (Lipinski definition) is 2. The maximum absolute atomic E-state index is 14.8. The molecule has 2 N–H and O–H groups in total. The monoisotopic (exact) mass is 677 g/mol. The van der Waals surface area contributed by atoms with Crippen LogP contribution in [0.4, 0.5) is 11.4 Å². The van der Waals surface area contributed by atoms with Gasteiger partial charge in [-0.15, -0.1) is 0 Å². The van der Waals surface area contributed by atoms with Gasteiger partial charge in [-0.25, -0.2) is 0 Å². The topological polar surface area (TPSA) is 91.3 Å². The van der Waals surface area contributed by atoms with E-state index in [1.54, 1.807) is 12.0 Å². The molecule has 0 radical (unpaired) electrons. The zero-order valence-corrected chi connectivity index (χ0v) is 28.3. The van der Waals surface area contributed by atoms with Gasteiger partial charge in [-0.3, -0.25) is 9.59 Å². The average Bonchev–Trinajstić information content (AvgIpc) is 3.44. The third-order valence-corrected chi connectivity index (χ3v) is 14.7. The summed E-state index contributed by atoms with van der Waals surface area (Å²) >= 11 is 3.66. The molecule has 6 rings (SSSR count). The second kappa shape index (κ2) is 12.1. The highest BCUT2D eigenvalue weighted by atomic mass is 79.9. The molecule has 4 atom stereocenters. The second-order valence-electron chi connectivity index (χ2n) is 12.6. The van der Waals surface area contributed by atoms with Crippen LogP contribution >= 0.6 is 15.9 Å². The number of halogens is 1. The van der Waals surface area contributed by atoms with Gasteiger partial charge in [-0.1, -0.05) is 65.4 Å². The number of rotatable bonds is 8. The number of methoxy groups -OCH3 is 1. The first-order valence-electron chi connectivity index (χ1n) is 15.3. The van der Waals surface area contributed by atoms with Gasteiger partial charge in [0.15, 0.2) is 5.60 Å². The molecule has 1 spiro atoms. The molecule has 0 unspecified atom stereocenters. The highest BCUT2D eigenvalue weighted by Gasteiger charge is 2.66. The molecular weight excluding hydrogens is 638 g/mol. The Balaban J connectivity index is 1.39. The van der Waals surface area contributed by atoms with Gasteiger partial charge in [0.25, 0.3) is 5.91 Å². The quantitative estimate of drug-likeness (QED) is 0.341. The number of carbonyl (C=O) groups is 2. The van der Waals surface area contributed by atoms with Crippen LogP contribution in [0, 0.1) is 5.92 Å². The average molecular weight is 679 g/mol. The van der Waals surface area contributed by atoms with Crippen molar-refractivity contribution in [3.63, 3.8) is 0 Å². The molecule has 3 heterocycles. The number of carbonyl (C=O) groups excluding carboxylic acids is 2. The van der Waals surface area contributed by atoms with Crippen LogP contribution in [0.15, 0.2) is 71.2 Å². The first kappa shape index (κ1) is 31.0. The summed E-state index contributed by atoms with van der Waals surface area (Å²) in [6.07, 6.45) is 0.178. The normalized spacial score (nSPS) is 25.2. The lowest BCUT2D eigenvalue weighted by Crippen LogP contribution is -2.51. The van der Waals surface area contributed by atoms with Crippen LogP contribution in [0.25, 0.3) is 0 Å². The smallest absolute Gasteiger partial charge is 0.264 e. The first-order valence-corrected chi connectivity index (χ1v) is 19.1. The van der Waals surface area contributed by atoms with Crippen LogP contribution in [0.3, 0.4) is 0 Å². The maximum atomic E-state index is 14.8. The van der Waals surface area contributed by atoms with Crippen molar-refractivity contribution in [3.05, 3.63) is 82.3 Å². The summed E-state index contributed by atoms with van der Waals surface area (Å²) in [6.45, 7) is 8.84. The summed E-state index contributed by atoms with van der Waals surface area (Å²) in [4.78, 5) is 31.1. The molecule has 0 saturated carbocycles. The summed E-state index contributed by atoms with van der Waals surface area (Å²) in [7, 11) is -0.583. The van der Waals surface area contributed by atoms with E-state index in [1.165, 1.54) is 5.19 Å². The Bertz CT molecular complexity index is 1570. The third kappa shape index (κ3) is 5.10. The molecular formula is C34H40BrN3O5Si. The molecule has 0 aliphatic carbocycles. The van der Waals surface area contributed by atoms with E-state index in [2.05, 4.69) is 53.4 Å². The van der Waals surface area contributed by atoms with Crippen molar-refractivity contribution in [1.29, 1.82) is 0 Å². The summed E-state index contributed by atoms with van der Waals surface area (Å²) < 4.78 is 13.3. The van der Waals surface area contributed by atoms with Gasteiger partial charge >= 0.3 is 0 Å². The zero-order valence-electron chi connectivity index (χ0n) is 25.7. The van der Waals surface area contributed by atoms with E-state index in [1.807, 2.05) is 59.5 Å². The van der Waals surface area contributed by atoms with Crippen molar-refractivity contribution in [2.75, 3.05) is 43.2 Å². The Morgan fingerprint density at radius 1 is 1.11 bits per heavy atom. The van der Waals surface area contributed by atoms with Crippen molar-refractivity contribution in [2.45, 2.75) is 50.2 Å². The van der Waals surface area contributed by atoms with E-state index >= 15 is 0 Å². The summed E-state index contributed by atoms with van der Waals surface area (Å²) in [6, 6.07) is 22.2. The van der Waals surface area contributed by atoms with E-state index in [4.69, 9.17) is 9.47 Å². The van der Waals surface area contributed by atoms with Gasteiger partial charge in [0.05, 0.1) is 40.1 Å². The predicted octanol–water partition coefficient (Wildman–Crippen LogP) is 4.54. The minimum absolute atomic E-state index is 0.0160. The lowest BCUT2D eigenvalue weighted by molar-refractivity contribution is -0.146. The van der Waals surface area contributed by atoms with Gasteiger partial charge in [0.1, 0.15) is 5.75 Å². The number of aliphatic hydroxyl groups excluding tert-OH is 1. The number of benzene rings is 3. The molecule has 2 amide bonds. The second-order valence-corrected chi connectivity index (χ2v) is 18.2. The number of hydrogen-bond acceptors (Lipinski definition) is 6. The van der Waals surface area contributed by atoms with E-state index in [-0.39, 0.29) is 36.0 Å². The molecule has 0 aromatic heterocycles. The predicted molar refractivity (Wildman–Crippen MR) is 178 cm³/mol. The minimum atomic E-state index is -2.25. The largest absolute Gasteiger partial charge is 0.497 e. The molecule has 3 aliphatic heterocycles. The van der Waals surface area contributed by atoms with Gasteiger partial charge in [0, 0.05) is 41.3 Å². The van der Waals surface area contributed by atoms with Crippen molar-refractivity contribution in [1.82, 2.24) is 5.32 Å². The van der Waals surface area contributed by atoms with E-state index in [9.17, 15) is 14.7 Å². The van der Waals surface area contributed by atoms with E-state index in [0.29, 0.717) is 26.1 Å². The number of nitrogens with one attached hydrogen (secondary N) is 1. The number of ether oxygens (including phenoxy) is 2. The molecule has 44 heavy (non-hydrogen) atoms. The zero-order chi connectivity index (χ0) is 31.2. The molecule has 3 aromatic rings. The number of anilines is 2. The van der Waals surface area contributed by atoms with Gasteiger partial charge in [0.2, 0.25) is 5.91 Å². The Labute approximate surface area is 268 Å². The molecule has 0 bridgehead atoms. The van der Waals surface area contributed by atoms with E-state index < -0.39 is 13.7 Å². The standard InChI is InChI=1S/C34H40BrN3O5Si/c1-22-32(44(3,4)27-11-9-26(42-2)10-12-27)30(14-17-39)43-34(22)28-19-24(35)8-13-29(28)38(33(34)41)21-23-6-5-7-25(18-23)37-16-15-36-20-31(37)40/h5-13,18-19,22,30,32,36,39H,14-17,20-21H2,1-4H3/t22-,30+,32-,34+/m0/s1. The summed E-state index contributed by atoms with van der Waals surface area (Å²) in [5.74, 6) is 0.630. The van der Waals surface area contributed by atoms with Gasteiger partial charge in [-0.2, -0.15) is 0 Å². The van der Waals surface area contributed by atoms with Crippen molar-refractivity contribution < 1.29 is 24.2 Å². The number of fused-ring (bicyclic) bond motifs is 2. The Morgan fingerprint density at radius 3 is 2.59 bits per heavy atom. The minimum Gasteiger partial charge on any atom is -0.497 e. The summed E-state index contributed by atoms with van der Waals surface area (Å²) in [5, 5.41) is 14.5. The first-order chi connectivity index (χ1) is 21.1. The van der Waals surface area contributed by atoms with E-state index in [0.717, 1.165) is 39.3 Å². The lowest BCUT2D eigenvalue weighted by atomic mass is 9.82. The number of nitrogens with zero attached hydrogens (tertiary/aromatic N) is 2. The summed E-state index contributed by atoms with van der Waals surface area (Å²) in [5.41, 5.74) is 2.37. The maximum Gasteiger partial charge on any atom is 0.264 e. The molecule has 2 fully saturated rings. The SMILES string of the molecule is COc1ccc([Si](C)(C)[C@@H]2[C@@H](CCO)O[C@]3(C(=O)N(Cc4cccc(N5CCNCC5=O)c4)c4ccc(Br)cc43)[C@H]2C)cc1. The molecule has 8 nitrogen and oxygen atoms in total. The Hall–Kier alpha value is -3.02. The fourth-order valence-corrected chi connectivity index (χ4v) is 12.1. The van der Waals surface area contributed by atoms with Crippen molar-refractivity contribution >= 4 is 52.4 Å². The van der Waals surface area contributed by atoms with Gasteiger partial charge in [-0.05, 0) is 60.0 Å². The van der Waals surface area contributed by atoms with Crippen LogP contribution in [0.2, 0.25) is 18.6 Å². The number of piperazine rings is 1. The van der Waals surface area contributed by atoms with Crippen LogP contribution in [0.5, 0.6) is 5.75 Å². The lowest BCUT2D eigenvalue weighted by Gasteiger charge is -2.37. The Morgan fingerprint density at radius 2 is 1.89 bits per heavy atom. The van der Waals surface area contributed by atoms with Crippen LogP contribution in [-0.2, 0) is 26.5 Å². The third-order valence-electron chi connectivity index (χ3n) is 9.86. The van der Waals surface area contributed by atoms with Crippen molar-refractivity contribution in [3.8, 4) is 5.75 Å². The number of amides is 2. The van der Waals surface area contributed by atoms with Crippen LogP contribution in [-0.4, -0.2) is 64.4 Å². The molecule has 2 saturated heterocycles. The molecule has 232 valence electrons. The molecule has 3 aliphatic rings. The van der Waals surface area contributed by atoms with Crippen LogP contribution < -0.4 is 25.0 Å². The fraction of sp³-hybridized carbons (Fsp3) is 0.412. The fourth-order valence-electron chi connectivity index (χ4n) is 7.72.